The Balaban J connectivity index is 2.32. The van der Waals surface area contributed by atoms with Gasteiger partial charge in [-0.25, -0.2) is 0 Å². The number of carbonyl (C=O) groups excluding carboxylic acids is 1. The molecular weight excluding hydrogens is 240 g/mol. The first-order chi connectivity index (χ1) is 9.10. The summed E-state index contributed by atoms with van der Waals surface area (Å²) in [5.41, 5.74) is 0. The zero-order chi connectivity index (χ0) is 14.3. The number of carbonyl (C=O) groups is 1. The maximum absolute atomic E-state index is 11.8. The van der Waals surface area contributed by atoms with E-state index in [1.165, 1.54) is 0 Å². The minimum atomic E-state index is 0.0159. The molecule has 0 aromatic heterocycles. The third-order valence-electron chi connectivity index (χ3n) is 4.05. The third-order valence-corrected chi connectivity index (χ3v) is 4.05. The van der Waals surface area contributed by atoms with Crippen LogP contribution in [0.4, 0.5) is 0 Å². The molecule has 0 saturated carbocycles. The predicted octanol–water partition coefficient (Wildman–Crippen LogP) is 2.23. The third kappa shape index (κ3) is 5.49. The fourth-order valence-electron chi connectivity index (χ4n) is 2.70. The van der Waals surface area contributed by atoms with Crippen LogP contribution in [0.25, 0.3) is 0 Å². The molecule has 4 nitrogen and oxygen atoms in total. The molecule has 1 heterocycles. The van der Waals surface area contributed by atoms with E-state index in [-0.39, 0.29) is 24.7 Å². The van der Waals surface area contributed by atoms with Gasteiger partial charge >= 0.3 is 0 Å². The molecule has 2 N–H and O–H groups in total. The van der Waals surface area contributed by atoms with Gasteiger partial charge in [0.25, 0.3) is 0 Å². The molecular formula is C15H30N2O2. The molecule has 0 aliphatic carbocycles. The van der Waals surface area contributed by atoms with Crippen molar-refractivity contribution >= 4 is 5.91 Å². The Bertz CT molecular complexity index is 267. The summed E-state index contributed by atoms with van der Waals surface area (Å²) in [4.78, 5) is 11.8. The normalized spacial score (nSPS) is 27.5. The Kier molecular flexibility index (Phi) is 7.39. The van der Waals surface area contributed by atoms with Crippen molar-refractivity contribution in [3.8, 4) is 0 Å². The number of hydrogen-bond acceptors (Lipinski definition) is 3. The lowest BCUT2D eigenvalue weighted by Crippen LogP contribution is -2.50. The van der Waals surface area contributed by atoms with Gasteiger partial charge in [0.05, 0.1) is 6.10 Å². The van der Waals surface area contributed by atoms with Crippen molar-refractivity contribution in [1.29, 1.82) is 0 Å². The molecule has 3 unspecified atom stereocenters. The van der Waals surface area contributed by atoms with Crippen molar-refractivity contribution < 1.29 is 9.53 Å². The molecule has 0 spiro atoms. The standard InChI is InChI=1S/C15H30N2O2/c1-5-12(6-2)17-15(18)10-19-14-9-8-11(4)16-13(14)7-3/h11-14,16H,5-10H2,1-4H3,(H,17,18). The molecule has 1 rings (SSSR count). The van der Waals surface area contributed by atoms with E-state index < -0.39 is 0 Å². The van der Waals surface area contributed by atoms with Gasteiger partial charge in [0.15, 0.2) is 0 Å². The van der Waals surface area contributed by atoms with Crippen molar-refractivity contribution in [2.24, 2.45) is 0 Å². The first-order valence-electron chi connectivity index (χ1n) is 7.77. The molecule has 4 heteroatoms. The fraction of sp³-hybridized carbons (Fsp3) is 0.933. The number of ether oxygens (including phenoxy) is 1. The van der Waals surface area contributed by atoms with Crippen LogP contribution in [0.1, 0.15) is 59.8 Å². The molecule has 1 saturated heterocycles. The summed E-state index contributed by atoms with van der Waals surface area (Å²) in [6, 6.07) is 1.22. The summed E-state index contributed by atoms with van der Waals surface area (Å²) >= 11 is 0. The average molecular weight is 270 g/mol. The quantitative estimate of drug-likeness (QED) is 0.746. The highest BCUT2D eigenvalue weighted by atomic mass is 16.5. The highest BCUT2D eigenvalue weighted by Crippen LogP contribution is 2.18. The van der Waals surface area contributed by atoms with Crippen LogP contribution in [-0.4, -0.2) is 36.7 Å². The number of hydrogen-bond donors (Lipinski definition) is 2. The molecule has 1 aliphatic heterocycles. The average Bonchev–Trinajstić information content (AvgIpc) is 2.43. The second kappa shape index (κ2) is 8.54. The molecule has 0 radical (unpaired) electrons. The van der Waals surface area contributed by atoms with Gasteiger partial charge in [0.2, 0.25) is 5.91 Å². The van der Waals surface area contributed by atoms with E-state index in [0.29, 0.717) is 12.1 Å². The van der Waals surface area contributed by atoms with Gasteiger partial charge in [-0.3, -0.25) is 4.79 Å². The summed E-state index contributed by atoms with van der Waals surface area (Å²) < 4.78 is 5.81. The highest BCUT2D eigenvalue weighted by Gasteiger charge is 2.27. The van der Waals surface area contributed by atoms with Crippen molar-refractivity contribution in [3.05, 3.63) is 0 Å². The smallest absolute Gasteiger partial charge is 0.246 e. The van der Waals surface area contributed by atoms with E-state index in [1.807, 2.05) is 0 Å². The van der Waals surface area contributed by atoms with E-state index in [1.54, 1.807) is 0 Å². The van der Waals surface area contributed by atoms with Gasteiger partial charge in [-0.2, -0.15) is 0 Å². The minimum absolute atomic E-state index is 0.0159. The minimum Gasteiger partial charge on any atom is -0.367 e. The van der Waals surface area contributed by atoms with Crippen LogP contribution < -0.4 is 10.6 Å². The predicted molar refractivity (Wildman–Crippen MR) is 78.2 cm³/mol. The SMILES string of the molecule is CCC(CC)NC(=O)COC1CCC(C)NC1CC. The number of rotatable bonds is 7. The molecule has 1 fully saturated rings. The van der Waals surface area contributed by atoms with E-state index >= 15 is 0 Å². The molecule has 1 aliphatic rings. The zero-order valence-corrected chi connectivity index (χ0v) is 12.9. The van der Waals surface area contributed by atoms with Crippen LogP contribution in [0.5, 0.6) is 0 Å². The summed E-state index contributed by atoms with van der Waals surface area (Å²) in [5, 5.41) is 6.56. The Hall–Kier alpha value is -0.610. The van der Waals surface area contributed by atoms with Crippen molar-refractivity contribution in [2.75, 3.05) is 6.61 Å². The van der Waals surface area contributed by atoms with Crippen molar-refractivity contribution in [2.45, 2.75) is 84.0 Å². The van der Waals surface area contributed by atoms with E-state index in [0.717, 1.165) is 32.1 Å². The fourth-order valence-corrected chi connectivity index (χ4v) is 2.70. The van der Waals surface area contributed by atoms with E-state index in [9.17, 15) is 4.79 Å². The highest BCUT2D eigenvalue weighted by molar-refractivity contribution is 5.77. The summed E-state index contributed by atoms with van der Waals surface area (Å²) in [5.74, 6) is 0.0159. The Labute approximate surface area is 117 Å². The lowest BCUT2D eigenvalue weighted by atomic mass is 9.95. The molecule has 1 amide bonds. The maximum Gasteiger partial charge on any atom is 0.246 e. The van der Waals surface area contributed by atoms with Crippen LogP contribution in [0, 0.1) is 0 Å². The van der Waals surface area contributed by atoms with Crippen LogP contribution >= 0.6 is 0 Å². The van der Waals surface area contributed by atoms with Gasteiger partial charge in [0.1, 0.15) is 6.61 Å². The van der Waals surface area contributed by atoms with Gasteiger partial charge in [-0.1, -0.05) is 20.8 Å². The van der Waals surface area contributed by atoms with Gasteiger partial charge in [-0.05, 0) is 39.0 Å². The largest absolute Gasteiger partial charge is 0.367 e. The van der Waals surface area contributed by atoms with Gasteiger partial charge < -0.3 is 15.4 Å². The lowest BCUT2D eigenvalue weighted by Gasteiger charge is -2.35. The van der Waals surface area contributed by atoms with Gasteiger partial charge in [-0.15, -0.1) is 0 Å². The molecule has 0 aromatic rings. The molecule has 3 atom stereocenters. The monoisotopic (exact) mass is 270 g/mol. The lowest BCUT2D eigenvalue weighted by molar-refractivity contribution is -0.130. The molecule has 112 valence electrons. The van der Waals surface area contributed by atoms with Crippen LogP contribution in [-0.2, 0) is 9.53 Å². The van der Waals surface area contributed by atoms with Crippen molar-refractivity contribution in [1.82, 2.24) is 10.6 Å². The maximum atomic E-state index is 11.8. The molecule has 0 aromatic carbocycles. The van der Waals surface area contributed by atoms with E-state index in [4.69, 9.17) is 4.74 Å². The van der Waals surface area contributed by atoms with Crippen molar-refractivity contribution in [3.63, 3.8) is 0 Å². The second-order valence-electron chi connectivity index (χ2n) is 5.59. The zero-order valence-electron chi connectivity index (χ0n) is 12.9. The number of nitrogens with one attached hydrogen (secondary N) is 2. The number of piperidine rings is 1. The van der Waals surface area contributed by atoms with E-state index in [2.05, 4.69) is 38.3 Å². The molecule has 19 heavy (non-hydrogen) atoms. The number of amides is 1. The van der Waals surface area contributed by atoms with Gasteiger partial charge in [0, 0.05) is 18.1 Å². The Morgan fingerprint density at radius 1 is 1.32 bits per heavy atom. The van der Waals surface area contributed by atoms with Crippen LogP contribution in [0.2, 0.25) is 0 Å². The van der Waals surface area contributed by atoms with Crippen LogP contribution in [0.15, 0.2) is 0 Å². The first-order valence-corrected chi connectivity index (χ1v) is 7.77. The Morgan fingerprint density at radius 2 is 2.00 bits per heavy atom. The summed E-state index contributed by atoms with van der Waals surface area (Å²) in [6.45, 7) is 8.74. The summed E-state index contributed by atoms with van der Waals surface area (Å²) in [7, 11) is 0. The Morgan fingerprint density at radius 3 is 2.58 bits per heavy atom. The first kappa shape index (κ1) is 16.4. The summed E-state index contributed by atoms with van der Waals surface area (Å²) in [6.07, 6.45) is 5.34. The topological polar surface area (TPSA) is 50.4 Å². The second-order valence-corrected chi connectivity index (χ2v) is 5.59. The van der Waals surface area contributed by atoms with Crippen LogP contribution in [0.3, 0.4) is 0 Å². The molecule has 0 bridgehead atoms.